The van der Waals surface area contributed by atoms with Gasteiger partial charge in [0.25, 0.3) is 5.91 Å². The summed E-state index contributed by atoms with van der Waals surface area (Å²) in [5.41, 5.74) is 0. The fourth-order valence-electron chi connectivity index (χ4n) is 1.15. The quantitative estimate of drug-likeness (QED) is 0.806. The van der Waals surface area contributed by atoms with Crippen LogP contribution in [0.3, 0.4) is 0 Å². The van der Waals surface area contributed by atoms with Crippen molar-refractivity contribution in [2.24, 2.45) is 0 Å². The van der Waals surface area contributed by atoms with Gasteiger partial charge in [-0.15, -0.1) is 0 Å². The largest absolute Gasteiger partial charge is 0.480 e. The predicted molar refractivity (Wildman–Crippen MR) is 52.7 cm³/mol. The van der Waals surface area contributed by atoms with E-state index in [-0.39, 0.29) is 12.3 Å². The number of carbonyl (C=O) groups is 2. The van der Waals surface area contributed by atoms with Crippen molar-refractivity contribution in [3.8, 4) is 0 Å². The van der Waals surface area contributed by atoms with E-state index in [0.717, 1.165) is 4.90 Å². The maximum atomic E-state index is 11.6. The first-order chi connectivity index (χ1) is 7.04. The second-order valence-electron chi connectivity index (χ2n) is 3.17. The molecule has 1 aromatic heterocycles. The highest BCUT2D eigenvalue weighted by Gasteiger charge is 2.17. The van der Waals surface area contributed by atoms with E-state index >= 15 is 0 Å². The lowest BCUT2D eigenvalue weighted by atomic mass is 10.3. The van der Waals surface area contributed by atoms with Crippen LogP contribution in [-0.4, -0.2) is 35.5 Å². The summed E-state index contributed by atoms with van der Waals surface area (Å²) in [4.78, 5) is 23.1. The van der Waals surface area contributed by atoms with E-state index in [9.17, 15) is 9.59 Å². The van der Waals surface area contributed by atoms with Gasteiger partial charge >= 0.3 is 5.97 Å². The average Bonchev–Trinajstić information content (AvgIpc) is 2.63. The Labute approximate surface area is 87.3 Å². The summed E-state index contributed by atoms with van der Waals surface area (Å²) in [5.74, 6) is -0.581. The van der Waals surface area contributed by atoms with Crippen LogP contribution in [0.2, 0.25) is 0 Å². The molecule has 0 aromatic carbocycles. The van der Waals surface area contributed by atoms with Crippen molar-refractivity contribution in [3.63, 3.8) is 0 Å². The molecule has 15 heavy (non-hydrogen) atoms. The minimum atomic E-state index is -1.05. The smallest absolute Gasteiger partial charge is 0.323 e. The number of nitrogens with zero attached hydrogens (tertiary/aromatic N) is 1. The van der Waals surface area contributed by atoms with E-state index in [1.54, 1.807) is 12.1 Å². The third kappa shape index (κ3) is 2.83. The highest BCUT2D eigenvalue weighted by atomic mass is 16.4. The number of hydrogen-bond donors (Lipinski definition) is 1. The lowest BCUT2D eigenvalue weighted by Gasteiger charge is -2.12. The molecule has 0 aliphatic rings. The van der Waals surface area contributed by atoms with Gasteiger partial charge in [-0.2, -0.15) is 0 Å². The fourth-order valence-corrected chi connectivity index (χ4v) is 1.15. The number of carboxylic acid groups (broad SMARTS) is 1. The van der Waals surface area contributed by atoms with Crippen LogP contribution in [-0.2, 0) is 11.2 Å². The Hall–Kier alpha value is -1.78. The van der Waals surface area contributed by atoms with E-state index in [1.165, 1.54) is 7.05 Å². The fraction of sp³-hybridized carbons (Fsp3) is 0.400. The number of rotatable bonds is 4. The lowest BCUT2D eigenvalue weighted by molar-refractivity contribution is -0.137. The zero-order chi connectivity index (χ0) is 11.4. The Morgan fingerprint density at radius 3 is 2.60 bits per heavy atom. The van der Waals surface area contributed by atoms with Crippen molar-refractivity contribution in [3.05, 3.63) is 23.7 Å². The number of furan rings is 1. The molecule has 5 heteroatoms. The monoisotopic (exact) mass is 211 g/mol. The summed E-state index contributed by atoms with van der Waals surface area (Å²) in [6.07, 6.45) is 0.704. The van der Waals surface area contributed by atoms with E-state index in [2.05, 4.69) is 0 Å². The predicted octanol–water partition coefficient (Wildman–Crippen LogP) is 0.999. The summed E-state index contributed by atoms with van der Waals surface area (Å²) in [6, 6.07) is 3.27. The molecule has 82 valence electrons. The van der Waals surface area contributed by atoms with Gasteiger partial charge in [0.05, 0.1) is 0 Å². The van der Waals surface area contributed by atoms with Gasteiger partial charge in [0, 0.05) is 13.5 Å². The molecule has 0 bridgehead atoms. The Morgan fingerprint density at radius 2 is 2.13 bits per heavy atom. The van der Waals surface area contributed by atoms with Crippen molar-refractivity contribution < 1.29 is 19.1 Å². The minimum Gasteiger partial charge on any atom is -0.480 e. The first-order valence-electron chi connectivity index (χ1n) is 4.60. The van der Waals surface area contributed by atoms with Crippen molar-refractivity contribution in [1.29, 1.82) is 0 Å². The minimum absolute atomic E-state index is 0.176. The van der Waals surface area contributed by atoms with Gasteiger partial charge in [-0.1, -0.05) is 6.92 Å². The molecular weight excluding hydrogens is 198 g/mol. The number of carboxylic acids is 1. The number of amides is 1. The molecule has 0 unspecified atom stereocenters. The average molecular weight is 211 g/mol. The van der Waals surface area contributed by atoms with Gasteiger partial charge in [0.15, 0.2) is 5.76 Å². The molecule has 5 nitrogen and oxygen atoms in total. The Kier molecular flexibility index (Phi) is 3.49. The summed E-state index contributed by atoms with van der Waals surface area (Å²) >= 11 is 0. The molecule has 1 heterocycles. The van der Waals surface area contributed by atoms with Crippen LogP contribution in [0.1, 0.15) is 23.2 Å². The van der Waals surface area contributed by atoms with Gasteiger partial charge in [-0.05, 0) is 12.1 Å². The van der Waals surface area contributed by atoms with E-state index in [1.807, 2.05) is 6.92 Å². The Morgan fingerprint density at radius 1 is 1.47 bits per heavy atom. The first kappa shape index (κ1) is 11.3. The van der Waals surface area contributed by atoms with Crippen molar-refractivity contribution >= 4 is 11.9 Å². The standard InChI is InChI=1S/C10H13NO4/c1-3-7-4-5-8(15-7)10(14)11(2)6-9(12)13/h4-5H,3,6H2,1-2H3,(H,12,13). The van der Waals surface area contributed by atoms with Crippen LogP contribution in [0.4, 0.5) is 0 Å². The van der Waals surface area contributed by atoms with Gasteiger partial charge in [0.1, 0.15) is 12.3 Å². The normalized spacial score (nSPS) is 10.0. The molecule has 0 aliphatic carbocycles. The van der Waals surface area contributed by atoms with Crippen molar-refractivity contribution in [2.75, 3.05) is 13.6 Å². The molecule has 0 spiro atoms. The van der Waals surface area contributed by atoms with E-state index in [0.29, 0.717) is 12.2 Å². The zero-order valence-electron chi connectivity index (χ0n) is 8.69. The third-order valence-corrected chi connectivity index (χ3v) is 1.94. The molecule has 0 saturated heterocycles. The molecule has 0 atom stereocenters. The SMILES string of the molecule is CCc1ccc(C(=O)N(C)CC(=O)O)o1. The van der Waals surface area contributed by atoms with E-state index < -0.39 is 11.9 Å². The molecule has 1 amide bonds. The topological polar surface area (TPSA) is 70.8 Å². The first-order valence-corrected chi connectivity index (χ1v) is 4.60. The molecule has 1 N–H and O–H groups in total. The van der Waals surface area contributed by atoms with Crippen molar-refractivity contribution in [2.45, 2.75) is 13.3 Å². The maximum absolute atomic E-state index is 11.6. The van der Waals surface area contributed by atoms with Crippen LogP contribution in [0.25, 0.3) is 0 Å². The Bertz CT molecular complexity index is 369. The molecule has 0 radical (unpaired) electrons. The second-order valence-corrected chi connectivity index (χ2v) is 3.17. The zero-order valence-corrected chi connectivity index (χ0v) is 8.69. The second kappa shape index (κ2) is 4.63. The number of hydrogen-bond acceptors (Lipinski definition) is 3. The van der Waals surface area contributed by atoms with Crippen LogP contribution in [0.5, 0.6) is 0 Å². The van der Waals surface area contributed by atoms with Gasteiger partial charge in [-0.25, -0.2) is 0 Å². The van der Waals surface area contributed by atoms with Gasteiger partial charge < -0.3 is 14.4 Å². The molecule has 1 rings (SSSR count). The summed E-state index contributed by atoms with van der Waals surface area (Å²) < 4.78 is 5.21. The molecular formula is C10H13NO4. The number of aryl methyl sites for hydroxylation is 1. The number of likely N-dealkylation sites (N-methyl/N-ethyl adjacent to an activating group) is 1. The highest BCUT2D eigenvalue weighted by Crippen LogP contribution is 2.10. The molecule has 0 aliphatic heterocycles. The van der Waals surface area contributed by atoms with Gasteiger partial charge in [0.2, 0.25) is 0 Å². The van der Waals surface area contributed by atoms with Crippen LogP contribution >= 0.6 is 0 Å². The number of carbonyl (C=O) groups excluding carboxylic acids is 1. The maximum Gasteiger partial charge on any atom is 0.323 e. The lowest BCUT2D eigenvalue weighted by Crippen LogP contribution is -2.31. The van der Waals surface area contributed by atoms with Gasteiger partial charge in [-0.3, -0.25) is 9.59 Å². The summed E-state index contributed by atoms with van der Waals surface area (Å²) in [6.45, 7) is 1.58. The number of aliphatic carboxylic acids is 1. The van der Waals surface area contributed by atoms with Crippen molar-refractivity contribution in [1.82, 2.24) is 4.90 Å². The molecule has 1 aromatic rings. The van der Waals surface area contributed by atoms with Crippen LogP contribution < -0.4 is 0 Å². The highest BCUT2D eigenvalue weighted by molar-refractivity contribution is 5.93. The Balaban J connectivity index is 2.71. The summed E-state index contributed by atoms with van der Waals surface area (Å²) in [5, 5.41) is 8.51. The molecule has 0 saturated carbocycles. The third-order valence-electron chi connectivity index (χ3n) is 1.94. The summed E-state index contributed by atoms with van der Waals surface area (Å²) in [7, 11) is 1.42. The van der Waals surface area contributed by atoms with E-state index in [4.69, 9.17) is 9.52 Å². The molecule has 0 fully saturated rings. The van der Waals surface area contributed by atoms with Crippen LogP contribution in [0.15, 0.2) is 16.5 Å². The van der Waals surface area contributed by atoms with Crippen LogP contribution in [0, 0.1) is 0 Å².